The number of hydrogen-bond donors (Lipinski definition) is 2. The number of nitrogens with zero attached hydrogens (tertiary/aromatic N) is 9. The Morgan fingerprint density at radius 2 is 1.13 bits per heavy atom. The lowest BCUT2D eigenvalue weighted by Gasteiger charge is -2.31. The second-order valence-corrected chi connectivity index (χ2v) is 20.7. The molecular weight excluding hydrogens is 851 g/mol. The Kier molecular flexibility index (Phi) is 8.09. The molecule has 69 heavy (non-hydrogen) atoms. The van der Waals surface area contributed by atoms with Crippen LogP contribution < -0.4 is 10.6 Å². The van der Waals surface area contributed by atoms with Crippen LogP contribution in [0.1, 0.15) is 64.2 Å². The first-order chi connectivity index (χ1) is 33.5. The fraction of sp³-hybridized carbons (Fsp3) is 0.172. The number of amidine groups is 2. The smallest absolute Gasteiger partial charge is 0.148 e. The quantitative estimate of drug-likeness (QED) is 0.179. The number of aromatic nitrogens is 5. The van der Waals surface area contributed by atoms with Gasteiger partial charge in [-0.15, -0.1) is 0 Å². The van der Waals surface area contributed by atoms with Crippen LogP contribution in [-0.2, 0) is 0 Å². The van der Waals surface area contributed by atoms with E-state index in [2.05, 4.69) is 199 Å². The molecule has 6 heterocycles. The van der Waals surface area contributed by atoms with E-state index in [-0.39, 0.29) is 22.9 Å². The molecule has 0 fully saturated rings. The summed E-state index contributed by atoms with van der Waals surface area (Å²) in [4.78, 5) is 30.6. The van der Waals surface area contributed by atoms with Crippen LogP contribution >= 0.6 is 0 Å². The zero-order valence-electron chi connectivity index (χ0n) is 39.1. The third-order valence-electron chi connectivity index (χ3n) is 13.9. The van der Waals surface area contributed by atoms with E-state index in [0.717, 1.165) is 78.5 Å². The van der Waals surface area contributed by atoms with Crippen LogP contribution in [0.2, 0.25) is 0 Å². The van der Waals surface area contributed by atoms with Crippen LogP contribution in [-0.4, -0.2) is 58.6 Å². The molecule has 0 radical (unpaired) electrons. The topological polar surface area (TPSA) is 114 Å². The second-order valence-electron chi connectivity index (χ2n) is 20.7. The van der Waals surface area contributed by atoms with Crippen molar-refractivity contribution in [2.45, 2.75) is 58.5 Å². The highest BCUT2D eigenvalue weighted by molar-refractivity contribution is 6.27. The Morgan fingerprint density at radius 1 is 0.551 bits per heavy atom. The highest BCUT2D eigenvalue weighted by Crippen LogP contribution is 2.50. The average molecular weight is 898 g/mol. The molecule has 3 aliphatic heterocycles. The number of para-hydroxylation sites is 2. The number of imidazole rings is 2. The third-order valence-corrected chi connectivity index (χ3v) is 13.9. The molecular formula is C58H47N11. The average Bonchev–Trinajstić information content (AvgIpc) is 4.17. The number of nitrogens with one attached hydrogen (secondary N) is 2. The van der Waals surface area contributed by atoms with E-state index in [1.165, 1.54) is 38.6 Å². The molecule has 11 nitrogen and oxygen atoms in total. The Morgan fingerprint density at radius 3 is 1.81 bits per heavy atom. The second kappa shape index (κ2) is 14.1. The van der Waals surface area contributed by atoms with Gasteiger partial charge >= 0.3 is 0 Å². The van der Waals surface area contributed by atoms with E-state index in [0.29, 0.717) is 11.7 Å². The monoisotopic (exact) mass is 897 g/mol. The molecule has 334 valence electrons. The summed E-state index contributed by atoms with van der Waals surface area (Å²) in [6.45, 7) is 13.2. The van der Waals surface area contributed by atoms with Crippen molar-refractivity contribution in [3.8, 4) is 16.8 Å². The summed E-state index contributed by atoms with van der Waals surface area (Å²) in [5.74, 6) is 2.57. The van der Waals surface area contributed by atoms with Gasteiger partial charge in [0.15, 0.2) is 0 Å². The zero-order valence-corrected chi connectivity index (χ0v) is 39.1. The number of aliphatic imine (C=N–C) groups is 4. The van der Waals surface area contributed by atoms with Gasteiger partial charge in [-0.3, -0.25) is 9.13 Å². The van der Waals surface area contributed by atoms with Crippen molar-refractivity contribution in [1.82, 2.24) is 23.7 Å². The van der Waals surface area contributed by atoms with Gasteiger partial charge in [0, 0.05) is 38.9 Å². The lowest BCUT2D eigenvalue weighted by molar-refractivity contribution is 0.634. The van der Waals surface area contributed by atoms with Gasteiger partial charge in [0.05, 0.1) is 50.2 Å². The van der Waals surface area contributed by atoms with Crippen LogP contribution in [0.25, 0.3) is 66.5 Å². The van der Waals surface area contributed by atoms with Crippen LogP contribution in [0.5, 0.6) is 0 Å². The summed E-state index contributed by atoms with van der Waals surface area (Å²) in [7, 11) is 0. The molecule has 9 aromatic rings. The maximum atomic E-state index is 5.35. The summed E-state index contributed by atoms with van der Waals surface area (Å²) in [6, 6.07) is 43.8. The number of benzene rings is 6. The van der Waals surface area contributed by atoms with E-state index < -0.39 is 0 Å². The fourth-order valence-electron chi connectivity index (χ4n) is 11.4. The van der Waals surface area contributed by atoms with Crippen LogP contribution in [0.3, 0.4) is 0 Å². The summed E-state index contributed by atoms with van der Waals surface area (Å²) < 4.78 is 6.61. The van der Waals surface area contributed by atoms with E-state index >= 15 is 0 Å². The first kappa shape index (κ1) is 39.7. The van der Waals surface area contributed by atoms with Gasteiger partial charge in [0.1, 0.15) is 48.2 Å². The predicted octanol–water partition coefficient (Wildman–Crippen LogP) is 12.5. The van der Waals surface area contributed by atoms with Gasteiger partial charge in [0.2, 0.25) is 0 Å². The Hall–Kier alpha value is -8.44. The van der Waals surface area contributed by atoms with Gasteiger partial charge in [-0.25, -0.2) is 29.9 Å². The summed E-state index contributed by atoms with van der Waals surface area (Å²) in [5.41, 5.74) is 17.8. The number of fused-ring (bicyclic) bond motifs is 8. The van der Waals surface area contributed by atoms with E-state index in [1.54, 1.807) is 6.34 Å². The van der Waals surface area contributed by atoms with Crippen molar-refractivity contribution in [3.63, 3.8) is 0 Å². The minimum Gasteiger partial charge on any atom is -0.379 e. The van der Waals surface area contributed by atoms with Crippen molar-refractivity contribution in [3.05, 3.63) is 180 Å². The molecule has 6 aromatic carbocycles. The van der Waals surface area contributed by atoms with Crippen molar-refractivity contribution in [2.24, 2.45) is 25.9 Å². The Balaban J connectivity index is 0.939. The van der Waals surface area contributed by atoms with Gasteiger partial charge < -0.3 is 15.2 Å². The molecule has 1 unspecified atom stereocenters. The molecule has 3 aromatic heterocycles. The molecule has 11 heteroatoms. The maximum absolute atomic E-state index is 5.35. The van der Waals surface area contributed by atoms with Gasteiger partial charge in [-0.1, -0.05) is 97.1 Å². The van der Waals surface area contributed by atoms with Crippen molar-refractivity contribution in [2.75, 3.05) is 10.6 Å². The summed E-state index contributed by atoms with van der Waals surface area (Å²) in [6.07, 6.45) is 9.75. The number of hydrogen-bond acceptors (Lipinski definition) is 8. The fourth-order valence-corrected chi connectivity index (χ4v) is 11.4. The lowest BCUT2D eigenvalue weighted by atomic mass is 9.85. The molecule has 0 spiro atoms. The molecule has 0 bridgehead atoms. The molecule has 0 saturated carbocycles. The molecule has 14 rings (SSSR count). The van der Waals surface area contributed by atoms with Crippen LogP contribution in [0, 0.1) is 5.92 Å². The molecule has 5 aliphatic rings. The van der Waals surface area contributed by atoms with Crippen LogP contribution in [0.15, 0.2) is 183 Å². The SMILES string of the molecule is CC(C)(C)Nc1cc(-n2c3ccccc3c3ccccc32)cc2ncn(C3=NC4=NC=NC5=NC(n6cnc7cc(C8c9ccccc9-c9ccccc98)cc(NC(C)(C)C)c76)=C6C=CC3=C6C45)c12. The zero-order chi connectivity index (χ0) is 46.5. The highest BCUT2D eigenvalue weighted by Gasteiger charge is 2.43. The van der Waals surface area contributed by atoms with Gasteiger partial charge in [0.25, 0.3) is 0 Å². The van der Waals surface area contributed by atoms with E-state index in [1.807, 2.05) is 12.7 Å². The molecule has 1 atom stereocenters. The number of allylic oxidation sites excluding steroid dienone is 4. The number of rotatable bonds is 5. The minimum atomic E-state index is -0.317. The first-order valence-corrected chi connectivity index (χ1v) is 23.7. The molecule has 0 saturated heterocycles. The summed E-state index contributed by atoms with van der Waals surface area (Å²) >= 11 is 0. The molecule has 0 amide bonds. The van der Waals surface area contributed by atoms with Gasteiger partial charge in [-0.2, -0.15) is 0 Å². The van der Waals surface area contributed by atoms with E-state index in [4.69, 9.17) is 29.9 Å². The minimum absolute atomic E-state index is 0.0727. The summed E-state index contributed by atoms with van der Waals surface area (Å²) in [5, 5.41) is 10.2. The lowest BCUT2D eigenvalue weighted by Crippen LogP contribution is -2.36. The first-order valence-electron chi connectivity index (χ1n) is 23.7. The Labute approximate surface area is 398 Å². The van der Waals surface area contributed by atoms with Gasteiger partial charge in [-0.05, 0) is 111 Å². The largest absolute Gasteiger partial charge is 0.379 e. The maximum Gasteiger partial charge on any atom is 0.148 e. The number of dihydropyridines is 1. The third kappa shape index (κ3) is 5.92. The predicted molar refractivity (Wildman–Crippen MR) is 282 cm³/mol. The normalized spacial score (nSPS) is 17.2. The Bertz CT molecular complexity index is 3890. The van der Waals surface area contributed by atoms with Crippen LogP contribution in [0.4, 0.5) is 11.4 Å². The molecule has 2 aliphatic carbocycles. The van der Waals surface area contributed by atoms with Crippen molar-refractivity contribution < 1.29 is 0 Å². The van der Waals surface area contributed by atoms with Crippen molar-refractivity contribution >= 4 is 84.9 Å². The van der Waals surface area contributed by atoms with E-state index in [9.17, 15) is 0 Å². The highest BCUT2D eigenvalue weighted by atomic mass is 15.2. The van der Waals surface area contributed by atoms with Crippen molar-refractivity contribution in [1.29, 1.82) is 0 Å². The molecule has 2 N–H and O–H groups in total. The standard InChI is InChI=1S/C58H47N11/c1-57(2,3)65-44-26-32(48-38-19-9-7-15-34(38)35-16-8-10-20-39(35)48)25-42-51(44)67(30-61-42)55-40-23-24-41-49(40)50-53(63-55)59-29-60-54(50)64-56(41)68-31-62-43-27-33(28-45(52(43)68)66-58(4,5)6)69-46-21-13-11-17-36(46)37-18-12-14-22-47(37)69/h7-31,48,50,65-66H,1-6H3. The number of anilines is 2.